The molecule has 0 bridgehead atoms. The van der Waals surface area contributed by atoms with E-state index >= 15 is 0 Å². The summed E-state index contributed by atoms with van der Waals surface area (Å²) in [4.78, 5) is 23.0. The molecule has 1 aromatic carbocycles. The number of H-pyrrole nitrogens is 1. The van der Waals surface area contributed by atoms with Crippen LogP contribution < -0.4 is 15.6 Å². The fraction of sp³-hybridized carbons (Fsp3) is 0.565. The van der Waals surface area contributed by atoms with E-state index in [1.807, 2.05) is 19.9 Å². The van der Waals surface area contributed by atoms with E-state index in [-0.39, 0.29) is 15.7 Å². The first-order chi connectivity index (χ1) is 15.6. The SMILES string of the molecule is CC(C)(C[C@H]1CCCC12CCN(c1cnc(Sc3cccc(Cl)c3Cl)c(=O)[nH]1)CC2)S(N)=O. The third-order valence-corrected chi connectivity index (χ3v) is 10.6. The van der Waals surface area contributed by atoms with E-state index in [2.05, 4.69) is 14.9 Å². The molecule has 1 aromatic heterocycles. The van der Waals surface area contributed by atoms with Gasteiger partial charge in [0.1, 0.15) is 5.82 Å². The Balaban J connectivity index is 1.44. The van der Waals surface area contributed by atoms with E-state index in [9.17, 15) is 9.00 Å². The molecule has 6 nitrogen and oxygen atoms in total. The van der Waals surface area contributed by atoms with Gasteiger partial charge in [0, 0.05) is 18.0 Å². The lowest BCUT2D eigenvalue weighted by Crippen LogP contribution is -2.45. The van der Waals surface area contributed by atoms with Crippen LogP contribution in [-0.4, -0.2) is 32.0 Å². The van der Waals surface area contributed by atoms with Crippen LogP contribution in [0.5, 0.6) is 0 Å². The number of benzene rings is 1. The summed E-state index contributed by atoms with van der Waals surface area (Å²) in [7, 11) is -1.33. The van der Waals surface area contributed by atoms with Gasteiger partial charge < -0.3 is 9.88 Å². The highest BCUT2D eigenvalue weighted by Crippen LogP contribution is 2.53. The Hall–Kier alpha value is -1.06. The highest BCUT2D eigenvalue weighted by atomic mass is 35.5. The minimum Gasteiger partial charge on any atom is -0.357 e. The molecular weight excluding hydrogens is 499 g/mol. The Kier molecular flexibility index (Phi) is 7.51. The molecule has 180 valence electrons. The van der Waals surface area contributed by atoms with E-state index in [1.165, 1.54) is 31.0 Å². The first kappa shape index (κ1) is 25.0. The number of nitrogens with one attached hydrogen (secondary N) is 1. The van der Waals surface area contributed by atoms with Gasteiger partial charge in [0.25, 0.3) is 5.56 Å². The van der Waals surface area contributed by atoms with Crippen molar-refractivity contribution in [1.82, 2.24) is 9.97 Å². The van der Waals surface area contributed by atoms with Crippen molar-refractivity contribution < 1.29 is 4.21 Å². The maximum atomic E-state index is 12.7. The van der Waals surface area contributed by atoms with E-state index in [0.717, 1.165) is 38.2 Å². The third-order valence-electron chi connectivity index (χ3n) is 7.34. The van der Waals surface area contributed by atoms with Crippen LogP contribution in [0.15, 0.2) is 39.1 Å². The Morgan fingerprint density at radius 3 is 2.70 bits per heavy atom. The summed E-state index contributed by atoms with van der Waals surface area (Å²) in [6.07, 6.45) is 8.34. The van der Waals surface area contributed by atoms with Crippen LogP contribution >= 0.6 is 35.0 Å². The van der Waals surface area contributed by atoms with Gasteiger partial charge in [0.15, 0.2) is 5.03 Å². The molecule has 33 heavy (non-hydrogen) atoms. The summed E-state index contributed by atoms with van der Waals surface area (Å²) in [6.45, 7) is 5.76. The molecule has 0 radical (unpaired) electrons. The lowest BCUT2D eigenvalue weighted by Gasteiger charge is -2.45. The van der Waals surface area contributed by atoms with Crippen molar-refractivity contribution in [1.29, 1.82) is 0 Å². The fourth-order valence-electron chi connectivity index (χ4n) is 5.34. The van der Waals surface area contributed by atoms with Gasteiger partial charge >= 0.3 is 0 Å². The van der Waals surface area contributed by atoms with Crippen molar-refractivity contribution in [2.24, 2.45) is 16.5 Å². The molecule has 1 saturated heterocycles. The molecule has 1 saturated carbocycles. The van der Waals surface area contributed by atoms with Crippen molar-refractivity contribution in [3.05, 3.63) is 44.8 Å². The molecule has 2 atom stereocenters. The van der Waals surface area contributed by atoms with Crippen LogP contribution in [0.25, 0.3) is 0 Å². The fourth-order valence-corrected chi connectivity index (χ4v) is 6.98. The number of aromatic nitrogens is 2. The number of nitrogens with two attached hydrogens (primary N) is 1. The average Bonchev–Trinajstić information content (AvgIpc) is 3.14. The molecule has 0 amide bonds. The molecule has 1 spiro atoms. The summed E-state index contributed by atoms with van der Waals surface area (Å²) in [5, 5.41) is 6.97. The van der Waals surface area contributed by atoms with Crippen LogP contribution in [0.1, 0.15) is 52.4 Å². The minimum absolute atomic E-state index is 0.236. The van der Waals surface area contributed by atoms with Crippen molar-refractivity contribution in [2.45, 2.75) is 67.0 Å². The predicted octanol–water partition coefficient (Wildman–Crippen LogP) is 5.41. The zero-order valence-corrected chi connectivity index (χ0v) is 22.0. The van der Waals surface area contributed by atoms with Crippen molar-refractivity contribution >= 4 is 51.8 Å². The van der Waals surface area contributed by atoms with Gasteiger partial charge in [-0.1, -0.05) is 47.5 Å². The zero-order valence-electron chi connectivity index (χ0n) is 18.9. The van der Waals surface area contributed by atoms with Crippen molar-refractivity contribution in [3.8, 4) is 0 Å². The molecule has 1 aliphatic heterocycles. The van der Waals surface area contributed by atoms with Gasteiger partial charge in [0.2, 0.25) is 0 Å². The van der Waals surface area contributed by atoms with Gasteiger partial charge in [-0.15, -0.1) is 0 Å². The Morgan fingerprint density at radius 2 is 2.03 bits per heavy atom. The van der Waals surface area contributed by atoms with Crippen LogP contribution in [-0.2, 0) is 11.0 Å². The highest BCUT2D eigenvalue weighted by Gasteiger charge is 2.47. The molecule has 3 N–H and O–H groups in total. The lowest BCUT2D eigenvalue weighted by molar-refractivity contribution is 0.134. The molecule has 10 heteroatoms. The maximum absolute atomic E-state index is 12.7. The normalized spacial score (nSPS) is 21.5. The number of hydrogen-bond donors (Lipinski definition) is 2. The number of nitrogens with zero attached hydrogens (tertiary/aromatic N) is 2. The average molecular weight is 530 g/mol. The molecule has 1 unspecified atom stereocenters. The van der Waals surface area contributed by atoms with Crippen LogP contribution in [0.3, 0.4) is 0 Å². The monoisotopic (exact) mass is 528 g/mol. The highest BCUT2D eigenvalue weighted by molar-refractivity contribution is 7.99. The van der Waals surface area contributed by atoms with Gasteiger partial charge in [-0.3, -0.25) is 9.93 Å². The first-order valence-electron chi connectivity index (χ1n) is 11.2. The van der Waals surface area contributed by atoms with E-state index in [4.69, 9.17) is 28.3 Å². The second kappa shape index (κ2) is 9.90. The van der Waals surface area contributed by atoms with Crippen molar-refractivity contribution in [3.63, 3.8) is 0 Å². The number of aromatic amines is 1. The number of hydrogen-bond acceptors (Lipinski definition) is 5. The van der Waals surface area contributed by atoms with E-state index < -0.39 is 11.0 Å². The van der Waals surface area contributed by atoms with Gasteiger partial charge in [0.05, 0.1) is 32.0 Å². The quantitative estimate of drug-likeness (QED) is 0.523. The molecule has 4 rings (SSSR count). The molecule has 2 aliphatic rings. The smallest absolute Gasteiger partial charge is 0.282 e. The Bertz CT molecular complexity index is 1100. The van der Waals surface area contributed by atoms with Gasteiger partial charge in [-0.25, -0.2) is 9.19 Å². The summed E-state index contributed by atoms with van der Waals surface area (Å²) >= 11 is 13.5. The number of piperidine rings is 1. The molecule has 1 aliphatic carbocycles. The molecular formula is C23H30Cl2N4O2S2. The summed E-state index contributed by atoms with van der Waals surface area (Å²) in [6, 6.07) is 5.33. The van der Waals surface area contributed by atoms with E-state index in [0.29, 0.717) is 25.9 Å². The summed E-state index contributed by atoms with van der Waals surface area (Å²) in [5.41, 5.74) is 0.0414. The topological polar surface area (TPSA) is 92.1 Å². The van der Waals surface area contributed by atoms with Gasteiger partial charge in [-0.05, 0) is 69.4 Å². The maximum Gasteiger partial charge on any atom is 0.282 e. The molecule has 2 heterocycles. The number of rotatable bonds is 6. The standard InChI is InChI=1S/C23H30Cl2N4O2S2/c1-22(2,33(26)31)13-15-5-4-8-23(15)9-11-29(12-10-23)18-14-27-21(20(30)28-18)32-17-7-3-6-16(24)19(17)25/h3,6-7,14-15H,4-5,8-13,26H2,1-2H3,(H,28,30)/t15-,33?/m1/s1. The zero-order chi connectivity index (χ0) is 23.8. The number of halogens is 2. The second-order valence-electron chi connectivity index (χ2n) is 9.76. The minimum atomic E-state index is -1.33. The number of anilines is 1. The molecule has 2 fully saturated rings. The van der Waals surface area contributed by atoms with Crippen LogP contribution in [0.4, 0.5) is 5.82 Å². The van der Waals surface area contributed by atoms with E-state index in [1.54, 1.807) is 18.3 Å². The largest absolute Gasteiger partial charge is 0.357 e. The van der Waals surface area contributed by atoms with Crippen LogP contribution in [0, 0.1) is 11.3 Å². The summed E-state index contributed by atoms with van der Waals surface area (Å²) in [5.74, 6) is 1.29. The Labute approximate surface area is 211 Å². The molecule has 2 aromatic rings. The van der Waals surface area contributed by atoms with Crippen LogP contribution in [0.2, 0.25) is 10.0 Å². The van der Waals surface area contributed by atoms with Crippen molar-refractivity contribution in [2.75, 3.05) is 18.0 Å². The lowest BCUT2D eigenvalue weighted by atomic mass is 9.68. The predicted molar refractivity (Wildman–Crippen MR) is 138 cm³/mol. The third kappa shape index (κ3) is 5.30. The van der Waals surface area contributed by atoms with Gasteiger partial charge in [-0.2, -0.15) is 0 Å². The Morgan fingerprint density at radius 1 is 1.30 bits per heavy atom. The second-order valence-corrected chi connectivity index (χ2v) is 13.3. The first-order valence-corrected chi connectivity index (χ1v) is 14.0. The summed E-state index contributed by atoms with van der Waals surface area (Å²) < 4.78 is 11.6.